The summed E-state index contributed by atoms with van der Waals surface area (Å²) in [6.45, 7) is 1.77. The molecule has 2 unspecified atom stereocenters. The van der Waals surface area contributed by atoms with Crippen LogP contribution in [0, 0.1) is 5.41 Å². The Morgan fingerprint density at radius 3 is 2.63 bits per heavy atom. The molecule has 4 nitrogen and oxygen atoms in total. The van der Waals surface area contributed by atoms with Crippen molar-refractivity contribution in [3.63, 3.8) is 0 Å². The van der Waals surface area contributed by atoms with Crippen LogP contribution < -0.4 is 9.47 Å². The minimum atomic E-state index is -0.820. The zero-order chi connectivity index (χ0) is 13.9. The second kappa shape index (κ2) is 5.51. The fraction of sp³-hybridized carbons (Fsp3) is 0.533. The summed E-state index contributed by atoms with van der Waals surface area (Å²) >= 11 is 0. The van der Waals surface area contributed by atoms with Crippen LogP contribution in [0.15, 0.2) is 24.3 Å². The maximum Gasteiger partial charge on any atom is 0.313 e. The summed E-state index contributed by atoms with van der Waals surface area (Å²) in [5, 5.41) is 9.46. The fourth-order valence-corrected chi connectivity index (χ4v) is 2.60. The van der Waals surface area contributed by atoms with Gasteiger partial charge in [0.1, 0.15) is 11.5 Å². The first kappa shape index (κ1) is 13.7. The smallest absolute Gasteiger partial charge is 0.313 e. The Kier molecular flexibility index (Phi) is 3.98. The molecule has 1 N–H and O–H groups in total. The number of hydrogen-bond acceptors (Lipinski definition) is 3. The molecule has 0 aliphatic heterocycles. The number of hydrogen-bond donors (Lipinski definition) is 1. The number of methoxy groups -OCH3 is 1. The molecule has 0 amide bonds. The molecule has 0 heterocycles. The first-order valence-corrected chi connectivity index (χ1v) is 6.61. The van der Waals surface area contributed by atoms with Crippen LogP contribution in [-0.2, 0) is 4.79 Å². The third-order valence-corrected chi connectivity index (χ3v) is 3.95. The van der Waals surface area contributed by atoms with Gasteiger partial charge in [0, 0.05) is 0 Å². The Balaban J connectivity index is 2.22. The number of carbonyl (C=O) groups is 1. The van der Waals surface area contributed by atoms with E-state index in [9.17, 15) is 9.90 Å². The lowest BCUT2D eigenvalue weighted by atomic mass is 9.73. The number of benzene rings is 1. The number of carboxylic acids is 1. The summed E-state index contributed by atoms with van der Waals surface area (Å²) in [6, 6.07) is 7.35. The van der Waals surface area contributed by atoms with E-state index in [0.717, 1.165) is 19.3 Å². The molecule has 2 atom stereocenters. The van der Waals surface area contributed by atoms with Crippen LogP contribution in [0.5, 0.6) is 11.5 Å². The molecule has 4 heteroatoms. The molecular weight excluding hydrogens is 244 g/mol. The molecule has 0 saturated heterocycles. The van der Waals surface area contributed by atoms with Crippen molar-refractivity contribution < 1.29 is 19.4 Å². The van der Waals surface area contributed by atoms with Gasteiger partial charge in [0.25, 0.3) is 0 Å². The Morgan fingerprint density at radius 1 is 1.32 bits per heavy atom. The zero-order valence-corrected chi connectivity index (χ0v) is 11.4. The third kappa shape index (κ3) is 2.67. The first-order chi connectivity index (χ1) is 9.08. The molecule has 1 aliphatic rings. The van der Waals surface area contributed by atoms with Crippen molar-refractivity contribution in [1.82, 2.24) is 0 Å². The molecule has 1 aliphatic carbocycles. The van der Waals surface area contributed by atoms with Gasteiger partial charge in [0.05, 0.1) is 7.11 Å². The van der Waals surface area contributed by atoms with Gasteiger partial charge in [-0.1, -0.05) is 18.6 Å². The van der Waals surface area contributed by atoms with Crippen LogP contribution in [0.3, 0.4) is 0 Å². The van der Waals surface area contributed by atoms with Crippen molar-refractivity contribution in [2.45, 2.75) is 38.7 Å². The van der Waals surface area contributed by atoms with E-state index in [2.05, 4.69) is 0 Å². The summed E-state index contributed by atoms with van der Waals surface area (Å²) < 4.78 is 11.2. The average Bonchev–Trinajstić information content (AvgIpc) is 2.42. The number of carboxylic acid groups (broad SMARTS) is 1. The topological polar surface area (TPSA) is 55.8 Å². The number of rotatable bonds is 4. The Morgan fingerprint density at radius 2 is 2.00 bits per heavy atom. The Hall–Kier alpha value is -1.71. The molecule has 1 aromatic carbocycles. The monoisotopic (exact) mass is 264 g/mol. The standard InChI is InChI=1S/C15H20O4/c1-15(14(16)17)10-6-5-9-13(15)19-12-8-4-3-7-11(12)18-2/h3-4,7-8,13H,5-6,9-10H2,1-2H3,(H,16,17). The number of ether oxygens (including phenoxy) is 2. The highest BCUT2D eigenvalue weighted by atomic mass is 16.5. The predicted octanol–water partition coefficient (Wildman–Crippen LogP) is 3.11. The van der Waals surface area contributed by atoms with E-state index in [4.69, 9.17) is 9.47 Å². The highest BCUT2D eigenvalue weighted by Crippen LogP contribution is 2.40. The molecule has 0 bridgehead atoms. The van der Waals surface area contributed by atoms with Crippen LogP contribution in [-0.4, -0.2) is 24.3 Å². The Bertz CT molecular complexity index is 457. The lowest BCUT2D eigenvalue weighted by Gasteiger charge is -2.37. The highest BCUT2D eigenvalue weighted by Gasteiger charge is 2.45. The van der Waals surface area contributed by atoms with Crippen molar-refractivity contribution >= 4 is 5.97 Å². The van der Waals surface area contributed by atoms with Gasteiger partial charge in [0.2, 0.25) is 0 Å². The number of para-hydroxylation sites is 2. The van der Waals surface area contributed by atoms with Gasteiger partial charge < -0.3 is 14.6 Å². The highest BCUT2D eigenvalue weighted by molar-refractivity contribution is 5.75. The van der Waals surface area contributed by atoms with Crippen LogP contribution >= 0.6 is 0 Å². The summed E-state index contributed by atoms with van der Waals surface area (Å²) in [5.41, 5.74) is -0.820. The summed E-state index contributed by atoms with van der Waals surface area (Å²) in [5.74, 6) is 0.470. The largest absolute Gasteiger partial charge is 0.493 e. The van der Waals surface area contributed by atoms with Gasteiger partial charge in [-0.3, -0.25) is 4.79 Å². The third-order valence-electron chi connectivity index (χ3n) is 3.95. The molecule has 1 fully saturated rings. The van der Waals surface area contributed by atoms with E-state index in [1.165, 1.54) is 0 Å². The van der Waals surface area contributed by atoms with Gasteiger partial charge in [-0.05, 0) is 38.3 Å². The SMILES string of the molecule is COc1ccccc1OC1CCCCC1(C)C(=O)O. The molecule has 1 saturated carbocycles. The van der Waals surface area contributed by atoms with E-state index in [1.807, 2.05) is 24.3 Å². The quantitative estimate of drug-likeness (QED) is 0.907. The molecule has 0 aromatic heterocycles. The van der Waals surface area contributed by atoms with E-state index in [0.29, 0.717) is 17.9 Å². The molecular formula is C15H20O4. The normalized spacial score (nSPS) is 26.7. The number of aliphatic carboxylic acids is 1. The van der Waals surface area contributed by atoms with Crippen LogP contribution in [0.1, 0.15) is 32.6 Å². The van der Waals surface area contributed by atoms with Crippen molar-refractivity contribution in [3.05, 3.63) is 24.3 Å². The van der Waals surface area contributed by atoms with E-state index in [-0.39, 0.29) is 6.10 Å². The molecule has 2 rings (SSSR count). The van der Waals surface area contributed by atoms with Crippen molar-refractivity contribution in [2.24, 2.45) is 5.41 Å². The van der Waals surface area contributed by atoms with Gasteiger partial charge in [-0.15, -0.1) is 0 Å². The van der Waals surface area contributed by atoms with Gasteiger partial charge >= 0.3 is 5.97 Å². The zero-order valence-electron chi connectivity index (χ0n) is 11.4. The Labute approximate surface area is 113 Å². The second-order valence-corrected chi connectivity index (χ2v) is 5.23. The summed E-state index contributed by atoms with van der Waals surface area (Å²) in [7, 11) is 1.58. The molecule has 0 spiro atoms. The second-order valence-electron chi connectivity index (χ2n) is 5.23. The lowest BCUT2D eigenvalue weighted by Crippen LogP contribution is -2.45. The van der Waals surface area contributed by atoms with Crippen molar-refractivity contribution in [3.8, 4) is 11.5 Å². The molecule has 104 valence electrons. The van der Waals surface area contributed by atoms with E-state index in [1.54, 1.807) is 14.0 Å². The van der Waals surface area contributed by atoms with Gasteiger partial charge in [0.15, 0.2) is 11.5 Å². The molecule has 1 aromatic rings. The first-order valence-electron chi connectivity index (χ1n) is 6.61. The lowest BCUT2D eigenvalue weighted by molar-refractivity contribution is -0.156. The van der Waals surface area contributed by atoms with Crippen molar-refractivity contribution in [1.29, 1.82) is 0 Å². The van der Waals surface area contributed by atoms with Crippen molar-refractivity contribution in [2.75, 3.05) is 7.11 Å². The van der Waals surface area contributed by atoms with Gasteiger partial charge in [-0.25, -0.2) is 0 Å². The van der Waals surface area contributed by atoms with E-state index >= 15 is 0 Å². The van der Waals surface area contributed by atoms with Crippen LogP contribution in [0.2, 0.25) is 0 Å². The van der Waals surface area contributed by atoms with Gasteiger partial charge in [-0.2, -0.15) is 0 Å². The minimum Gasteiger partial charge on any atom is -0.493 e. The average molecular weight is 264 g/mol. The van der Waals surface area contributed by atoms with Crippen LogP contribution in [0.4, 0.5) is 0 Å². The van der Waals surface area contributed by atoms with E-state index < -0.39 is 11.4 Å². The summed E-state index contributed by atoms with van der Waals surface area (Å²) in [4.78, 5) is 11.5. The predicted molar refractivity (Wildman–Crippen MR) is 71.6 cm³/mol. The molecule has 0 radical (unpaired) electrons. The fourth-order valence-electron chi connectivity index (χ4n) is 2.60. The molecule has 19 heavy (non-hydrogen) atoms. The summed E-state index contributed by atoms with van der Waals surface area (Å²) in [6.07, 6.45) is 3.05. The maximum atomic E-state index is 11.5. The maximum absolute atomic E-state index is 11.5. The minimum absolute atomic E-state index is 0.310. The van der Waals surface area contributed by atoms with Crippen LogP contribution in [0.25, 0.3) is 0 Å².